The van der Waals surface area contributed by atoms with Crippen LogP contribution in [0.3, 0.4) is 0 Å². The molecule has 3 heteroatoms. The molecular weight excluding hydrogens is 248 g/mol. The van der Waals surface area contributed by atoms with Crippen LogP contribution in [0, 0.1) is 6.92 Å². The summed E-state index contributed by atoms with van der Waals surface area (Å²) in [6.07, 6.45) is 2.03. The molecule has 1 aromatic carbocycles. The van der Waals surface area contributed by atoms with E-state index in [-0.39, 0.29) is 5.91 Å². The minimum Gasteiger partial charge on any atom is -0.307 e. The molecule has 1 heterocycles. The highest BCUT2D eigenvalue weighted by atomic mass is 16.2. The van der Waals surface area contributed by atoms with Crippen molar-refractivity contribution in [3.8, 4) is 0 Å². The summed E-state index contributed by atoms with van der Waals surface area (Å²) in [6, 6.07) is 15.3. The first kappa shape index (κ1) is 14.3. The minimum atomic E-state index is -0.0339. The van der Waals surface area contributed by atoms with Gasteiger partial charge in [0.15, 0.2) is 0 Å². The van der Waals surface area contributed by atoms with Crippen molar-refractivity contribution in [3.63, 3.8) is 0 Å². The maximum absolute atomic E-state index is 12.7. The van der Waals surface area contributed by atoms with Crippen LogP contribution in [-0.2, 0) is 0 Å². The molecule has 1 aromatic heterocycles. The lowest BCUT2D eigenvalue weighted by molar-refractivity contribution is 0.0981. The monoisotopic (exact) mass is 268 g/mol. The van der Waals surface area contributed by atoms with Gasteiger partial charge in [0, 0.05) is 17.9 Å². The molecule has 0 radical (unpaired) electrons. The fraction of sp³-hybridized carbons (Fsp3) is 0.294. The normalized spacial score (nSPS) is 10.3. The molecule has 0 fully saturated rings. The molecule has 0 spiro atoms. The largest absolute Gasteiger partial charge is 0.307 e. The third kappa shape index (κ3) is 3.44. The second-order valence-electron chi connectivity index (χ2n) is 4.81. The molecule has 2 rings (SSSR count). The van der Waals surface area contributed by atoms with Gasteiger partial charge >= 0.3 is 0 Å². The molecule has 0 bridgehead atoms. The zero-order chi connectivity index (χ0) is 14.4. The topological polar surface area (TPSA) is 33.2 Å². The Morgan fingerprint density at radius 2 is 1.85 bits per heavy atom. The van der Waals surface area contributed by atoms with E-state index in [9.17, 15) is 4.79 Å². The first-order valence-electron chi connectivity index (χ1n) is 7.03. The van der Waals surface area contributed by atoms with Crippen LogP contribution in [0.1, 0.15) is 35.9 Å². The number of rotatable bonds is 5. The van der Waals surface area contributed by atoms with Crippen LogP contribution in [0.5, 0.6) is 0 Å². The number of aryl methyl sites for hydroxylation is 1. The Kier molecular flexibility index (Phi) is 4.88. The second-order valence-corrected chi connectivity index (χ2v) is 4.81. The zero-order valence-corrected chi connectivity index (χ0v) is 12.0. The number of carbonyl (C=O) groups excluding carboxylic acids is 1. The Hall–Kier alpha value is -2.16. The molecule has 0 aliphatic carbocycles. The molecule has 3 nitrogen and oxygen atoms in total. The van der Waals surface area contributed by atoms with Crippen molar-refractivity contribution < 1.29 is 4.79 Å². The van der Waals surface area contributed by atoms with Gasteiger partial charge in [-0.2, -0.15) is 0 Å². The summed E-state index contributed by atoms with van der Waals surface area (Å²) < 4.78 is 0. The van der Waals surface area contributed by atoms with Gasteiger partial charge in [0.1, 0.15) is 5.69 Å². The van der Waals surface area contributed by atoms with E-state index in [0.717, 1.165) is 30.8 Å². The smallest absolute Gasteiger partial charge is 0.276 e. The maximum atomic E-state index is 12.7. The quantitative estimate of drug-likeness (QED) is 0.825. The molecular formula is C17H20N2O. The number of para-hydroxylation sites is 1. The highest BCUT2D eigenvalue weighted by Crippen LogP contribution is 2.17. The first-order chi connectivity index (χ1) is 9.72. The number of pyridine rings is 1. The first-order valence-corrected chi connectivity index (χ1v) is 7.03. The number of nitrogens with zero attached hydrogens (tertiary/aromatic N) is 2. The summed E-state index contributed by atoms with van der Waals surface area (Å²) >= 11 is 0. The Morgan fingerprint density at radius 3 is 2.50 bits per heavy atom. The fourth-order valence-electron chi connectivity index (χ4n) is 2.07. The van der Waals surface area contributed by atoms with E-state index in [0.29, 0.717) is 5.69 Å². The lowest BCUT2D eigenvalue weighted by Gasteiger charge is -2.22. The lowest BCUT2D eigenvalue weighted by Crippen LogP contribution is -2.32. The van der Waals surface area contributed by atoms with Crippen molar-refractivity contribution in [2.75, 3.05) is 11.4 Å². The van der Waals surface area contributed by atoms with E-state index >= 15 is 0 Å². The number of unbranched alkanes of at least 4 members (excludes halogenated alkanes) is 1. The van der Waals surface area contributed by atoms with E-state index in [1.807, 2.05) is 54.3 Å². The zero-order valence-electron chi connectivity index (χ0n) is 12.0. The summed E-state index contributed by atoms with van der Waals surface area (Å²) in [5.74, 6) is -0.0339. The van der Waals surface area contributed by atoms with Crippen LogP contribution in [0.15, 0.2) is 48.5 Å². The number of hydrogen-bond acceptors (Lipinski definition) is 2. The van der Waals surface area contributed by atoms with Gasteiger partial charge in [-0.1, -0.05) is 37.6 Å². The average molecular weight is 268 g/mol. The maximum Gasteiger partial charge on any atom is 0.276 e. The molecule has 0 N–H and O–H groups in total. The number of hydrogen-bond donors (Lipinski definition) is 0. The molecule has 0 atom stereocenters. The molecule has 0 saturated carbocycles. The lowest BCUT2D eigenvalue weighted by atomic mass is 10.2. The van der Waals surface area contributed by atoms with Gasteiger partial charge in [-0.05, 0) is 37.6 Å². The molecule has 20 heavy (non-hydrogen) atoms. The molecule has 2 aromatic rings. The molecule has 0 aliphatic rings. The van der Waals surface area contributed by atoms with E-state index in [4.69, 9.17) is 0 Å². The Balaban J connectivity index is 2.29. The van der Waals surface area contributed by atoms with Crippen molar-refractivity contribution in [1.82, 2.24) is 4.98 Å². The van der Waals surface area contributed by atoms with Gasteiger partial charge in [-0.15, -0.1) is 0 Å². The van der Waals surface area contributed by atoms with E-state index < -0.39 is 0 Å². The van der Waals surface area contributed by atoms with Gasteiger partial charge in [-0.3, -0.25) is 4.79 Å². The van der Waals surface area contributed by atoms with Gasteiger partial charge in [-0.25, -0.2) is 4.98 Å². The minimum absolute atomic E-state index is 0.0339. The number of benzene rings is 1. The number of anilines is 1. The Morgan fingerprint density at radius 1 is 1.10 bits per heavy atom. The van der Waals surface area contributed by atoms with Crippen LogP contribution in [0.4, 0.5) is 5.69 Å². The molecule has 0 saturated heterocycles. The van der Waals surface area contributed by atoms with Crippen molar-refractivity contribution in [2.45, 2.75) is 26.7 Å². The van der Waals surface area contributed by atoms with E-state index in [1.54, 1.807) is 6.07 Å². The predicted molar refractivity (Wildman–Crippen MR) is 82.0 cm³/mol. The number of carbonyl (C=O) groups is 1. The van der Waals surface area contributed by atoms with Gasteiger partial charge in [0.05, 0.1) is 0 Å². The summed E-state index contributed by atoms with van der Waals surface area (Å²) in [7, 11) is 0. The van der Waals surface area contributed by atoms with Gasteiger partial charge in [0.25, 0.3) is 5.91 Å². The van der Waals surface area contributed by atoms with Crippen molar-refractivity contribution in [3.05, 3.63) is 59.9 Å². The van der Waals surface area contributed by atoms with Gasteiger partial charge < -0.3 is 4.90 Å². The Bertz CT molecular complexity index is 566. The highest BCUT2D eigenvalue weighted by Gasteiger charge is 2.18. The summed E-state index contributed by atoms with van der Waals surface area (Å²) in [5, 5.41) is 0. The van der Waals surface area contributed by atoms with Crippen LogP contribution >= 0.6 is 0 Å². The highest BCUT2D eigenvalue weighted by molar-refractivity contribution is 6.04. The fourth-order valence-corrected chi connectivity index (χ4v) is 2.07. The summed E-state index contributed by atoms with van der Waals surface area (Å²) in [5.41, 5.74) is 2.29. The van der Waals surface area contributed by atoms with Crippen molar-refractivity contribution in [1.29, 1.82) is 0 Å². The number of aromatic nitrogens is 1. The standard InChI is InChI=1S/C17H20N2O/c1-3-4-13-19(15-10-6-5-7-11-15)17(20)16-12-8-9-14(2)18-16/h5-12H,3-4,13H2,1-2H3. The van der Waals surface area contributed by atoms with E-state index in [1.165, 1.54) is 0 Å². The third-order valence-electron chi connectivity index (χ3n) is 3.16. The summed E-state index contributed by atoms with van der Waals surface area (Å²) in [4.78, 5) is 18.8. The third-order valence-corrected chi connectivity index (χ3v) is 3.16. The average Bonchev–Trinajstić information content (AvgIpc) is 2.48. The molecule has 1 amide bonds. The predicted octanol–water partition coefficient (Wildman–Crippen LogP) is 3.84. The Labute approximate surface area is 120 Å². The second kappa shape index (κ2) is 6.85. The molecule has 0 unspecified atom stereocenters. The molecule has 0 aliphatic heterocycles. The van der Waals surface area contributed by atoms with Crippen LogP contribution in [0.25, 0.3) is 0 Å². The van der Waals surface area contributed by atoms with E-state index in [2.05, 4.69) is 11.9 Å². The number of amides is 1. The van der Waals surface area contributed by atoms with Crippen LogP contribution < -0.4 is 4.90 Å². The van der Waals surface area contributed by atoms with Crippen molar-refractivity contribution >= 4 is 11.6 Å². The van der Waals surface area contributed by atoms with Crippen LogP contribution in [-0.4, -0.2) is 17.4 Å². The van der Waals surface area contributed by atoms with Gasteiger partial charge in [0.2, 0.25) is 0 Å². The van der Waals surface area contributed by atoms with Crippen LogP contribution in [0.2, 0.25) is 0 Å². The summed E-state index contributed by atoms with van der Waals surface area (Å²) in [6.45, 7) is 4.74. The van der Waals surface area contributed by atoms with Crippen molar-refractivity contribution in [2.24, 2.45) is 0 Å². The molecule has 104 valence electrons. The SMILES string of the molecule is CCCCN(C(=O)c1cccc(C)n1)c1ccccc1.